The fourth-order valence-electron chi connectivity index (χ4n) is 3.62. The third kappa shape index (κ3) is 1.28. The van der Waals surface area contributed by atoms with Crippen LogP contribution in [0.1, 0.15) is 23.6 Å². The van der Waals surface area contributed by atoms with E-state index in [9.17, 15) is 0 Å². The summed E-state index contributed by atoms with van der Waals surface area (Å²) in [4.78, 5) is 2.60. The van der Waals surface area contributed by atoms with Gasteiger partial charge < -0.3 is 4.90 Å². The van der Waals surface area contributed by atoms with E-state index in [1.807, 2.05) is 0 Å². The van der Waals surface area contributed by atoms with E-state index in [1.165, 1.54) is 28.8 Å². The molecule has 18 heavy (non-hydrogen) atoms. The zero-order valence-corrected chi connectivity index (χ0v) is 10.7. The predicted molar refractivity (Wildman–Crippen MR) is 74.9 cm³/mol. The van der Waals surface area contributed by atoms with Crippen molar-refractivity contribution in [2.24, 2.45) is 0 Å². The summed E-state index contributed by atoms with van der Waals surface area (Å²) in [6, 6.07) is 17.8. The molecule has 0 bridgehead atoms. The van der Waals surface area contributed by atoms with Gasteiger partial charge in [0.2, 0.25) is 0 Å². The standard InChI is InChI=1S/C17H17N/c1-17-10-13-6-2-3-8-15(13)12-18(17)16-9-5-4-7-14(16)11-17/h2-9H,10-12H2,1H3. The summed E-state index contributed by atoms with van der Waals surface area (Å²) in [5, 5.41) is 0. The molecule has 0 saturated heterocycles. The maximum atomic E-state index is 2.60. The second-order valence-electron chi connectivity index (χ2n) is 5.83. The molecule has 0 spiro atoms. The molecular formula is C17H17N. The van der Waals surface area contributed by atoms with Crippen molar-refractivity contribution in [2.45, 2.75) is 31.8 Å². The van der Waals surface area contributed by atoms with Crippen molar-refractivity contribution in [3.8, 4) is 0 Å². The average Bonchev–Trinajstić information content (AvgIpc) is 2.67. The molecule has 1 unspecified atom stereocenters. The number of hydrogen-bond acceptors (Lipinski definition) is 1. The molecular weight excluding hydrogens is 218 g/mol. The monoisotopic (exact) mass is 235 g/mol. The molecule has 90 valence electrons. The van der Waals surface area contributed by atoms with Crippen LogP contribution in [0.5, 0.6) is 0 Å². The van der Waals surface area contributed by atoms with Crippen molar-refractivity contribution < 1.29 is 0 Å². The zero-order chi connectivity index (χ0) is 12.2. The molecule has 4 rings (SSSR count). The van der Waals surface area contributed by atoms with Gasteiger partial charge in [-0.2, -0.15) is 0 Å². The second-order valence-corrected chi connectivity index (χ2v) is 5.83. The van der Waals surface area contributed by atoms with E-state index in [1.54, 1.807) is 0 Å². The molecule has 1 atom stereocenters. The van der Waals surface area contributed by atoms with Crippen molar-refractivity contribution in [3.05, 3.63) is 65.2 Å². The Morgan fingerprint density at radius 3 is 2.28 bits per heavy atom. The molecule has 0 aromatic heterocycles. The van der Waals surface area contributed by atoms with Gasteiger partial charge in [-0.25, -0.2) is 0 Å². The number of anilines is 1. The number of hydrogen-bond donors (Lipinski definition) is 0. The molecule has 0 fully saturated rings. The number of para-hydroxylation sites is 1. The van der Waals surface area contributed by atoms with Crippen molar-refractivity contribution in [2.75, 3.05) is 4.90 Å². The highest BCUT2D eigenvalue weighted by molar-refractivity contribution is 5.63. The molecule has 2 heterocycles. The minimum Gasteiger partial charge on any atom is -0.361 e. The lowest BCUT2D eigenvalue weighted by Crippen LogP contribution is -2.48. The normalized spacial score (nSPS) is 24.4. The van der Waals surface area contributed by atoms with Crippen molar-refractivity contribution in [3.63, 3.8) is 0 Å². The van der Waals surface area contributed by atoms with E-state index in [4.69, 9.17) is 0 Å². The molecule has 2 aliphatic heterocycles. The van der Waals surface area contributed by atoms with Gasteiger partial charge in [0.15, 0.2) is 0 Å². The Hall–Kier alpha value is -1.76. The lowest BCUT2D eigenvalue weighted by atomic mass is 9.83. The highest BCUT2D eigenvalue weighted by atomic mass is 15.2. The lowest BCUT2D eigenvalue weighted by molar-refractivity contribution is 0.417. The maximum Gasteiger partial charge on any atom is 0.0459 e. The summed E-state index contributed by atoms with van der Waals surface area (Å²) in [6.07, 6.45) is 2.34. The third-order valence-corrected chi connectivity index (χ3v) is 4.52. The van der Waals surface area contributed by atoms with Crippen LogP contribution in [0.15, 0.2) is 48.5 Å². The number of fused-ring (bicyclic) bond motifs is 4. The Kier molecular flexibility index (Phi) is 1.91. The highest BCUT2D eigenvalue weighted by Gasteiger charge is 2.42. The third-order valence-electron chi connectivity index (χ3n) is 4.52. The molecule has 2 aliphatic rings. The van der Waals surface area contributed by atoms with E-state index in [0.717, 1.165) is 13.0 Å². The first-order chi connectivity index (χ1) is 8.76. The van der Waals surface area contributed by atoms with Gasteiger partial charge in [-0.3, -0.25) is 0 Å². The van der Waals surface area contributed by atoms with Gasteiger partial charge in [-0.1, -0.05) is 42.5 Å². The van der Waals surface area contributed by atoms with Crippen LogP contribution in [0.4, 0.5) is 5.69 Å². The van der Waals surface area contributed by atoms with Crippen LogP contribution in [-0.4, -0.2) is 5.54 Å². The van der Waals surface area contributed by atoms with Gasteiger partial charge in [0.05, 0.1) is 0 Å². The van der Waals surface area contributed by atoms with E-state index >= 15 is 0 Å². The fraction of sp³-hybridized carbons (Fsp3) is 0.294. The van der Waals surface area contributed by atoms with Gasteiger partial charge in [-0.15, -0.1) is 0 Å². The van der Waals surface area contributed by atoms with Gasteiger partial charge in [0.1, 0.15) is 0 Å². The molecule has 1 nitrogen and oxygen atoms in total. The summed E-state index contributed by atoms with van der Waals surface area (Å²) in [5.41, 5.74) is 6.25. The number of rotatable bonds is 0. The topological polar surface area (TPSA) is 3.24 Å². The molecule has 1 heteroatoms. The first-order valence-corrected chi connectivity index (χ1v) is 6.69. The van der Waals surface area contributed by atoms with E-state index in [-0.39, 0.29) is 5.54 Å². The Morgan fingerprint density at radius 2 is 1.44 bits per heavy atom. The first kappa shape index (κ1) is 10.2. The van der Waals surface area contributed by atoms with E-state index in [2.05, 4.69) is 60.4 Å². The summed E-state index contributed by atoms with van der Waals surface area (Å²) >= 11 is 0. The Bertz CT molecular complexity index is 611. The van der Waals surface area contributed by atoms with Gasteiger partial charge in [0.25, 0.3) is 0 Å². The predicted octanol–water partition coefficient (Wildman–Crippen LogP) is 3.56. The van der Waals surface area contributed by atoms with Crippen LogP contribution >= 0.6 is 0 Å². The molecule has 0 saturated carbocycles. The minimum atomic E-state index is 0.276. The SMILES string of the molecule is CC12Cc3ccccc3CN1c1ccccc1C2. The smallest absolute Gasteiger partial charge is 0.0459 e. The van der Waals surface area contributed by atoms with Gasteiger partial charge in [0, 0.05) is 17.8 Å². The minimum absolute atomic E-state index is 0.276. The quantitative estimate of drug-likeness (QED) is 0.675. The molecule has 2 aromatic carbocycles. The summed E-state index contributed by atoms with van der Waals surface area (Å²) in [7, 11) is 0. The number of nitrogens with zero attached hydrogens (tertiary/aromatic N) is 1. The molecule has 0 aliphatic carbocycles. The van der Waals surface area contributed by atoms with Crippen molar-refractivity contribution in [1.29, 1.82) is 0 Å². The van der Waals surface area contributed by atoms with Crippen LogP contribution < -0.4 is 4.90 Å². The largest absolute Gasteiger partial charge is 0.361 e. The summed E-state index contributed by atoms with van der Waals surface area (Å²) in [6.45, 7) is 3.46. The van der Waals surface area contributed by atoms with Crippen LogP contribution in [0.25, 0.3) is 0 Å². The maximum absolute atomic E-state index is 2.60. The first-order valence-electron chi connectivity index (χ1n) is 6.69. The molecule has 0 N–H and O–H groups in total. The summed E-state index contributed by atoms with van der Waals surface area (Å²) < 4.78 is 0. The van der Waals surface area contributed by atoms with E-state index < -0.39 is 0 Å². The zero-order valence-electron chi connectivity index (χ0n) is 10.7. The van der Waals surface area contributed by atoms with Crippen LogP contribution in [0.3, 0.4) is 0 Å². The Labute approximate surface area is 108 Å². The fourth-order valence-corrected chi connectivity index (χ4v) is 3.62. The van der Waals surface area contributed by atoms with E-state index in [0.29, 0.717) is 0 Å². The Balaban J connectivity index is 1.85. The van der Waals surface area contributed by atoms with Gasteiger partial charge in [-0.05, 0) is 42.5 Å². The van der Waals surface area contributed by atoms with Gasteiger partial charge >= 0.3 is 0 Å². The molecule has 0 amide bonds. The van der Waals surface area contributed by atoms with Crippen LogP contribution in [0, 0.1) is 0 Å². The van der Waals surface area contributed by atoms with Crippen molar-refractivity contribution in [1.82, 2.24) is 0 Å². The van der Waals surface area contributed by atoms with Crippen LogP contribution in [-0.2, 0) is 19.4 Å². The number of benzene rings is 2. The van der Waals surface area contributed by atoms with Crippen molar-refractivity contribution >= 4 is 5.69 Å². The summed E-state index contributed by atoms with van der Waals surface area (Å²) in [5.74, 6) is 0. The molecule has 0 radical (unpaired) electrons. The van der Waals surface area contributed by atoms with Crippen LogP contribution in [0.2, 0.25) is 0 Å². The average molecular weight is 235 g/mol. The lowest BCUT2D eigenvalue weighted by Gasteiger charge is -2.42. The molecule has 2 aromatic rings. The highest BCUT2D eigenvalue weighted by Crippen LogP contribution is 2.44. The second kappa shape index (κ2) is 3.38. The Morgan fingerprint density at radius 1 is 0.833 bits per heavy atom.